The topological polar surface area (TPSA) is 51.0 Å². The van der Waals surface area contributed by atoms with Gasteiger partial charge in [0.1, 0.15) is 0 Å². The molecule has 0 radical (unpaired) electrons. The van der Waals surface area contributed by atoms with Crippen LogP contribution in [0.25, 0.3) is 22.6 Å². The third kappa shape index (κ3) is 8.98. The van der Waals surface area contributed by atoms with Gasteiger partial charge in [-0.2, -0.15) is 4.98 Å². The van der Waals surface area contributed by atoms with Gasteiger partial charge in [0.2, 0.25) is 0 Å². The molecule has 4 heteroatoms. The first kappa shape index (κ1) is 26.8. The van der Waals surface area contributed by atoms with Gasteiger partial charge >= 0.3 is 0 Å². The average Bonchev–Trinajstić information content (AvgIpc) is 3.42. The van der Waals surface area contributed by atoms with E-state index in [0.717, 1.165) is 37.3 Å². The first-order valence-electron chi connectivity index (χ1n) is 14.1. The molecule has 0 atom stereocenters. The van der Waals surface area contributed by atoms with Gasteiger partial charge in [0.15, 0.2) is 5.82 Å². The third-order valence-corrected chi connectivity index (χ3v) is 6.84. The van der Waals surface area contributed by atoms with Crippen LogP contribution in [0.5, 0.6) is 0 Å². The Labute approximate surface area is 222 Å². The number of nitrogens with one attached hydrogen (secondary N) is 1. The number of hydrogen-bond donors (Lipinski definition) is 1. The van der Waals surface area contributed by atoms with Gasteiger partial charge < -0.3 is 9.84 Å². The molecule has 4 nitrogen and oxygen atoms in total. The highest BCUT2D eigenvalue weighted by Crippen LogP contribution is 2.21. The first-order valence-corrected chi connectivity index (χ1v) is 14.1. The molecule has 0 aliphatic heterocycles. The molecule has 0 spiro atoms. The van der Waals surface area contributed by atoms with E-state index in [2.05, 4.69) is 95.2 Å². The van der Waals surface area contributed by atoms with Crippen molar-refractivity contribution in [1.29, 1.82) is 0 Å². The lowest BCUT2D eigenvalue weighted by atomic mass is 10.0. The van der Waals surface area contributed by atoms with E-state index in [1.807, 2.05) is 6.07 Å². The van der Waals surface area contributed by atoms with E-state index in [-0.39, 0.29) is 0 Å². The van der Waals surface area contributed by atoms with Gasteiger partial charge in [-0.25, -0.2) is 0 Å². The normalized spacial score (nSPS) is 11.2. The fraction of sp³-hybridized carbons (Fsp3) is 0.394. The minimum absolute atomic E-state index is 0.614. The van der Waals surface area contributed by atoms with E-state index in [1.54, 1.807) is 0 Å². The van der Waals surface area contributed by atoms with Crippen LogP contribution in [0.4, 0.5) is 0 Å². The zero-order valence-corrected chi connectivity index (χ0v) is 22.3. The summed E-state index contributed by atoms with van der Waals surface area (Å²) in [6.45, 7) is 3.86. The number of rotatable bonds is 16. The Hall–Kier alpha value is -3.24. The van der Waals surface area contributed by atoms with Gasteiger partial charge in [-0.1, -0.05) is 124 Å². The highest BCUT2D eigenvalue weighted by molar-refractivity contribution is 5.63. The fourth-order valence-corrected chi connectivity index (χ4v) is 4.72. The lowest BCUT2D eigenvalue weighted by molar-refractivity contribution is 0.420. The van der Waals surface area contributed by atoms with Gasteiger partial charge in [-0.3, -0.25) is 0 Å². The maximum atomic E-state index is 5.59. The van der Waals surface area contributed by atoms with E-state index in [0.29, 0.717) is 5.89 Å². The monoisotopic (exact) mass is 495 g/mol. The Balaban J connectivity index is 1.20. The Kier molecular flexibility index (Phi) is 11.0. The second kappa shape index (κ2) is 15.1. The molecule has 4 rings (SSSR count). The van der Waals surface area contributed by atoms with Crippen molar-refractivity contribution in [2.75, 3.05) is 0 Å². The molecule has 3 aromatic carbocycles. The van der Waals surface area contributed by atoms with Gasteiger partial charge in [-0.05, 0) is 46.9 Å². The van der Waals surface area contributed by atoms with Crippen molar-refractivity contribution in [1.82, 2.24) is 15.5 Å². The number of benzene rings is 3. The lowest BCUT2D eigenvalue weighted by Gasteiger charge is -2.08. The highest BCUT2D eigenvalue weighted by atomic mass is 16.5. The van der Waals surface area contributed by atoms with Crippen molar-refractivity contribution in [3.63, 3.8) is 0 Å². The second-order valence-corrected chi connectivity index (χ2v) is 9.96. The molecule has 194 valence electrons. The van der Waals surface area contributed by atoms with Crippen molar-refractivity contribution in [3.05, 3.63) is 95.8 Å². The summed E-state index contributed by atoms with van der Waals surface area (Å²) in [5, 5.41) is 7.80. The van der Waals surface area contributed by atoms with Crippen LogP contribution in [-0.4, -0.2) is 10.1 Å². The molecule has 0 saturated carbocycles. The Morgan fingerprint density at radius 3 is 1.92 bits per heavy atom. The molecule has 1 N–H and O–H groups in total. The minimum atomic E-state index is 0.614. The van der Waals surface area contributed by atoms with Gasteiger partial charge in [0.05, 0.1) is 0 Å². The maximum Gasteiger partial charge on any atom is 0.257 e. The molecule has 0 bridgehead atoms. The number of hydrogen-bond acceptors (Lipinski definition) is 4. The molecular formula is C33H41N3O. The van der Waals surface area contributed by atoms with E-state index in [4.69, 9.17) is 4.52 Å². The van der Waals surface area contributed by atoms with Crippen molar-refractivity contribution >= 4 is 0 Å². The highest BCUT2D eigenvalue weighted by Gasteiger charge is 2.09. The van der Waals surface area contributed by atoms with E-state index in [9.17, 15) is 0 Å². The number of unbranched alkanes of at least 4 members (excludes halogenated alkanes) is 8. The summed E-state index contributed by atoms with van der Waals surface area (Å²) in [6.07, 6.45) is 12.8. The summed E-state index contributed by atoms with van der Waals surface area (Å²) in [5.74, 6) is 1.43. The number of aryl methyl sites for hydroxylation is 1. The summed E-state index contributed by atoms with van der Waals surface area (Å²) in [5.41, 5.74) is 5.95. The van der Waals surface area contributed by atoms with Crippen LogP contribution in [0.3, 0.4) is 0 Å². The standard InChI is InChI=1S/C33H41N3O/c1-2-3-4-5-6-7-8-9-13-22-32-35-33(37-36-32)31-21-15-17-28(24-31)26-34-25-27-16-14-20-30(23-27)29-18-11-10-12-19-29/h10-12,14-21,23-24,34H,2-9,13,22,25-26H2,1H3. The SMILES string of the molecule is CCCCCCCCCCCc1noc(-c2cccc(CNCc3cccc(-c4ccccc4)c3)c2)n1. The summed E-state index contributed by atoms with van der Waals surface area (Å²) in [4.78, 5) is 4.66. The summed E-state index contributed by atoms with van der Waals surface area (Å²) in [6, 6.07) is 27.6. The molecule has 37 heavy (non-hydrogen) atoms. The fourth-order valence-electron chi connectivity index (χ4n) is 4.72. The molecule has 0 aliphatic carbocycles. The zero-order valence-electron chi connectivity index (χ0n) is 22.3. The molecular weight excluding hydrogens is 454 g/mol. The lowest BCUT2D eigenvalue weighted by Crippen LogP contribution is -2.12. The van der Waals surface area contributed by atoms with Crippen molar-refractivity contribution < 1.29 is 4.52 Å². The predicted molar refractivity (Wildman–Crippen MR) is 153 cm³/mol. The molecule has 1 heterocycles. The molecule has 1 aromatic heterocycles. The molecule has 0 aliphatic rings. The van der Waals surface area contributed by atoms with E-state index < -0.39 is 0 Å². The van der Waals surface area contributed by atoms with Crippen LogP contribution in [0.15, 0.2) is 83.4 Å². The largest absolute Gasteiger partial charge is 0.334 e. The molecule has 0 amide bonds. The second-order valence-electron chi connectivity index (χ2n) is 9.96. The predicted octanol–water partition coefficient (Wildman–Crippen LogP) is 8.77. The Bertz CT molecular complexity index is 1180. The smallest absolute Gasteiger partial charge is 0.257 e. The van der Waals surface area contributed by atoms with Crippen LogP contribution in [0, 0.1) is 0 Å². The van der Waals surface area contributed by atoms with Gasteiger partial charge in [-0.15, -0.1) is 0 Å². The zero-order chi connectivity index (χ0) is 25.5. The molecule has 0 fully saturated rings. The first-order chi connectivity index (χ1) is 18.3. The van der Waals surface area contributed by atoms with Gasteiger partial charge in [0.25, 0.3) is 5.89 Å². The Morgan fingerprint density at radius 1 is 0.622 bits per heavy atom. The van der Waals surface area contributed by atoms with Gasteiger partial charge in [0, 0.05) is 25.1 Å². The van der Waals surface area contributed by atoms with Crippen molar-refractivity contribution in [3.8, 4) is 22.6 Å². The van der Waals surface area contributed by atoms with E-state index >= 15 is 0 Å². The van der Waals surface area contributed by atoms with Crippen LogP contribution in [0.2, 0.25) is 0 Å². The average molecular weight is 496 g/mol. The maximum absolute atomic E-state index is 5.59. The molecule has 0 unspecified atom stereocenters. The van der Waals surface area contributed by atoms with Crippen LogP contribution in [0.1, 0.15) is 81.7 Å². The van der Waals surface area contributed by atoms with Crippen molar-refractivity contribution in [2.45, 2.75) is 84.2 Å². The summed E-state index contributed by atoms with van der Waals surface area (Å²) in [7, 11) is 0. The quantitative estimate of drug-likeness (QED) is 0.158. The van der Waals surface area contributed by atoms with Crippen LogP contribution < -0.4 is 5.32 Å². The number of aromatic nitrogens is 2. The Morgan fingerprint density at radius 2 is 1.22 bits per heavy atom. The third-order valence-electron chi connectivity index (χ3n) is 6.84. The molecule has 4 aromatic rings. The minimum Gasteiger partial charge on any atom is -0.334 e. The number of nitrogens with zero attached hydrogens (tertiary/aromatic N) is 2. The van der Waals surface area contributed by atoms with Crippen LogP contribution >= 0.6 is 0 Å². The van der Waals surface area contributed by atoms with Crippen LogP contribution in [-0.2, 0) is 19.5 Å². The molecule has 0 saturated heterocycles. The summed E-state index contributed by atoms with van der Waals surface area (Å²) < 4.78 is 5.59. The van der Waals surface area contributed by atoms with E-state index in [1.165, 1.54) is 73.6 Å². The van der Waals surface area contributed by atoms with Crippen molar-refractivity contribution in [2.24, 2.45) is 0 Å². The summed E-state index contributed by atoms with van der Waals surface area (Å²) >= 11 is 0.